The Balaban J connectivity index is 2.45. The Morgan fingerprint density at radius 1 is 1.15 bits per heavy atom. The summed E-state index contributed by atoms with van der Waals surface area (Å²) in [4.78, 5) is 26.7. The van der Waals surface area contributed by atoms with E-state index in [0.29, 0.717) is 11.6 Å². The summed E-state index contributed by atoms with van der Waals surface area (Å²) in [6, 6.07) is 11.7. The topological polar surface area (TPSA) is 106 Å². The van der Waals surface area contributed by atoms with Crippen molar-refractivity contribution in [2.75, 3.05) is 19.1 Å². The molecule has 1 unspecified atom stereocenters. The van der Waals surface area contributed by atoms with E-state index in [1.807, 2.05) is 6.07 Å². The van der Waals surface area contributed by atoms with Crippen molar-refractivity contribution >= 4 is 33.6 Å². The van der Waals surface area contributed by atoms with Crippen molar-refractivity contribution in [3.8, 4) is 6.07 Å². The lowest BCUT2D eigenvalue weighted by Gasteiger charge is -2.36. The van der Waals surface area contributed by atoms with Gasteiger partial charge in [0.15, 0.2) is 0 Å². The predicted octanol–water partition coefficient (Wildman–Crippen LogP) is 4.42. The molecular formula is C23H17BrF3N3O4. The molecule has 0 saturated heterocycles. The summed E-state index contributed by atoms with van der Waals surface area (Å²) in [5.74, 6) is -4.82. The first-order valence-electron chi connectivity index (χ1n) is 9.60. The highest BCUT2D eigenvalue weighted by Crippen LogP contribution is 2.46. The SMILES string of the molecule is COC(=O)C1=C(C(=O)OC)N(c2c(F)cc(C(F)F)cc2Br)C(N)=C(C#N)C1c1ccccc1. The predicted molar refractivity (Wildman–Crippen MR) is 119 cm³/mol. The van der Waals surface area contributed by atoms with Gasteiger partial charge in [0.25, 0.3) is 6.43 Å². The van der Waals surface area contributed by atoms with Crippen LogP contribution in [0, 0.1) is 17.1 Å². The van der Waals surface area contributed by atoms with Crippen LogP contribution in [0.2, 0.25) is 0 Å². The number of nitriles is 1. The van der Waals surface area contributed by atoms with Gasteiger partial charge in [-0.1, -0.05) is 30.3 Å². The van der Waals surface area contributed by atoms with Crippen molar-refractivity contribution in [2.24, 2.45) is 5.73 Å². The zero-order chi connectivity index (χ0) is 25.2. The van der Waals surface area contributed by atoms with E-state index < -0.39 is 52.9 Å². The third kappa shape index (κ3) is 4.24. The number of carbonyl (C=O) groups excluding carboxylic acids is 2. The molecule has 11 heteroatoms. The number of hydrogen-bond donors (Lipinski definition) is 1. The lowest BCUT2D eigenvalue weighted by Crippen LogP contribution is -2.41. The van der Waals surface area contributed by atoms with Gasteiger partial charge < -0.3 is 15.2 Å². The number of hydrogen-bond acceptors (Lipinski definition) is 7. The molecule has 0 spiro atoms. The second kappa shape index (κ2) is 10.0. The molecule has 0 aromatic heterocycles. The van der Waals surface area contributed by atoms with E-state index in [0.717, 1.165) is 25.2 Å². The summed E-state index contributed by atoms with van der Waals surface area (Å²) in [5, 5.41) is 9.96. The molecule has 0 fully saturated rings. The Kier molecular flexibility index (Phi) is 7.32. The lowest BCUT2D eigenvalue weighted by molar-refractivity contribution is -0.139. The molecule has 0 amide bonds. The largest absolute Gasteiger partial charge is 0.466 e. The maximum absolute atomic E-state index is 15.2. The molecule has 1 atom stereocenters. The quantitative estimate of drug-likeness (QED) is 0.564. The van der Waals surface area contributed by atoms with Gasteiger partial charge in [-0.15, -0.1) is 0 Å². The summed E-state index contributed by atoms with van der Waals surface area (Å²) in [5.41, 5.74) is 4.54. The third-order valence-electron chi connectivity index (χ3n) is 5.13. The number of methoxy groups -OCH3 is 2. The standard InChI is InChI=1S/C23H17BrF3N3O4/c1-33-22(31)17-16(11-6-4-3-5-7-11)13(10-28)21(29)30(19(17)23(32)34-2)18-14(24)8-12(20(26)27)9-15(18)25/h3-9,16,20H,29H2,1-2H3. The number of anilines is 1. The minimum Gasteiger partial charge on any atom is -0.466 e. The zero-order valence-corrected chi connectivity index (χ0v) is 19.4. The molecule has 3 rings (SSSR count). The number of alkyl halides is 2. The molecule has 7 nitrogen and oxygen atoms in total. The van der Waals surface area contributed by atoms with Crippen LogP contribution in [0.1, 0.15) is 23.5 Å². The van der Waals surface area contributed by atoms with Gasteiger partial charge in [0, 0.05) is 10.0 Å². The maximum atomic E-state index is 15.2. The molecule has 2 aromatic carbocycles. The van der Waals surface area contributed by atoms with Gasteiger partial charge in [0.05, 0.1) is 43.0 Å². The second-order valence-electron chi connectivity index (χ2n) is 6.97. The van der Waals surface area contributed by atoms with Crippen molar-refractivity contribution in [3.63, 3.8) is 0 Å². The molecule has 2 N–H and O–H groups in total. The zero-order valence-electron chi connectivity index (χ0n) is 17.8. The third-order valence-corrected chi connectivity index (χ3v) is 5.73. The van der Waals surface area contributed by atoms with Gasteiger partial charge in [0.2, 0.25) is 0 Å². The van der Waals surface area contributed by atoms with Gasteiger partial charge in [0.1, 0.15) is 17.3 Å². The Bertz CT molecular complexity index is 1230. The molecule has 2 aromatic rings. The maximum Gasteiger partial charge on any atom is 0.355 e. The van der Waals surface area contributed by atoms with E-state index in [9.17, 15) is 23.6 Å². The van der Waals surface area contributed by atoms with Gasteiger partial charge >= 0.3 is 11.9 Å². The van der Waals surface area contributed by atoms with Crippen molar-refractivity contribution < 1.29 is 32.2 Å². The minimum absolute atomic E-state index is 0.191. The molecule has 0 aliphatic carbocycles. The molecule has 1 aliphatic rings. The number of carbonyl (C=O) groups is 2. The summed E-state index contributed by atoms with van der Waals surface area (Å²) in [6.45, 7) is 0. The van der Waals surface area contributed by atoms with E-state index in [1.54, 1.807) is 30.3 Å². The highest BCUT2D eigenvalue weighted by Gasteiger charge is 2.44. The van der Waals surface area contributed by atoms with Gasteiger partial charge in [-0.2, -0.15) is 5.26 Å². The van der Waals surface area contributed by atoms with Crippen LogP contribution in [0.15, 0.2) is 69.6 Å². The fraction of sp³-hybridized carbons (Fsp3) is 0.174. The molecule has 0 bridgehead atoms. The van der Waals surface area contributed by atoms with Crippen LogP contribution < -0.4 is 10.6 Å². The fourth-order valence-electron chi connectivity index (χ4n) is 3.67. The van der Waals surface area contributed by atoms with Crippen LogP contribution in [0.4, 0.5) is 18.9 Å². The number of allylic oxidation sites excluding steroid dienone is 1. The van der Waals surface area contributed by atoms with Gasteiger partial charge in [-0.05, 0) is 33.6 Å². The van der Waals surface area contributed by atoms with Crippen LogP contribution >= 0.6 is 15.9 Å². The summed E-state index contributed by atoms with van der Waals surface area (Å²) in [7, 11) is 2.10. The summed E-state index contributed by atoms with van der Waals surface area (Å²) >= 11 is 3.04. The number of rotatable bonds is 5. The second-order valence-corrected chi connectivity index (χ2v) is 7.82. The Morgan fingerprint density at radius 3 is 2.26 bits per heavy atom. The van der Waals surface area contributed by atoms with E-state index in [1.165, 1.54) is 0 Å². The van der Waals surface area contributed by atoms with E-state index in [4.69, 9.17) is 15.2 Å². The first kappa shape index (κ1) is 24.9. The molecule has 176 valence electrons. The number of nitrogens with two attached hydrogens (primary N) is 1. The normalized spacial score (nSPS) is 15.9. The first-order chi connectivity index (χ1) is 16.2. The molecule has 0 saturated carbocycles. The fourth-order valence-corrected chi connectivity index (χ4v) is 4.30. The molecule has 1 aliphatic heterocycles. The average Bonchev–Trinajstić information content (AvgIpc) is 2.83. The van der Waals surface area contributed by atoms with Crippen molar-refractivity contribution in [1.29, 1.82) is 5.26 Å². The summed E-state index contributed by atoms with van der Waals surface area (Å²) < 4.78 is 51.1. The van der Waals surface area contributed by atoms with Crippen molar-refractivity contribution in [2.45, 2.75) is 12.3 Å². The molecular weight excluding hydrogens is 519 g/mol. The average molecular weight is 536 g/mol. The summed E-state index contributed by atoms with van der Waals surface area (Å²) in [6.07, 6.45) is -2.98. The highest BCUT2D eigenvalue weighted by molar-refractivity contribution is 9.10. The lowest BCUT2D eigenvalue weighted by atomic mass is 9.81. The molecule has 1 heterocycles. The van der Waals surface area contributed by atoms with Gasteiger partial charge in [-0.3, -0.25) is 4.90 Å². The Morgan fingerprint density at radius 2 is 1.76 bits per heavy atom. The Hall–Kier alpha value is -3.78. The Labute approximate surface area is 201 Å². The van der Waals surface area contributed by atoms with E-state index >= 15 is 4.39 Å². The number of halogens is 4. The number of ether oxygens (including phenoxy) is 2. The van der Waals surface area contributed by atoms with Crippen LogP contribution in [0.5, 0.6) is 0 Å². The van der Waals surface area contributed by atoms with Crippen LogP contribution in [0.25, 0.3) is 0 Å². The number of benzene rings is 2. The van der Waals surface area contributed by atoms with Crippen molar-refractivity contribution in [3.05, 3.63) is 86.5 Å². The van der Waals surface area contributed by atoms with E-state index in [-0.39, 0.29) is 15.6 Å². The first-order valence-corrected chi connectivity index (χ1v) is 10.4. The molecule has 34 heavy (non-hydrogen) atoms. The molecule has 0 radical (unpaired) electrons. The van der Waals surface area contributed by atoms with Crippen LogP contribution in [0.3, 0.4) is 0 Å². The minimum atomic E-state index is -2.98. The van der Waals surface area contributed by atoms with Gasteiger partial charge in [-0.25, -0.2) is 22.8 Å². The van der Waals surface area contributed by atoms with Crippen LogP contribution in [-0.2, 0) is 19.1 Å². The monoisotopic (exact) mass is 535 g/mol. The number of nitrogens with zero attached hydrogens (tertiary/aromatic N) is 2. The highest BCUT2D eigenvalue weighted by atomic mass is 79.9. The smallest absolute Gasteiger partial charge is 0.355 e. The van der Waals surface area contributed by atoms with Crippen LogP contribution in [-0.4, -0.2) is 26.2 Å². The van der Waals surface area contributed by atoms with Crippen molar-refractivity contribution in [1.82, 2.24) is 0 Å². The van der Waals surface area contributed by atoms with E-state index in [2.05, 4.69) is 15.9 Å². The number of esters is 2.